The third-order valence-corrected chi connectivity index (χ3v) is 4.52. The Hall–Kier alpha value is -0.460. The maximum absolute atomic E-state index is 14.2. The molecule has 0 saturated heterocycles. The summed E-state index contributed by atoms with van der Waals surface area (Å²) in [6.45, 7) is 1.61. The van der Waals surface area contributed by atoms with Crippen molar-refractivity contribution in [1.82, 2.24) is 5.32 Å². The fourth-order valence-corrected chi connectivity index (χ4v) is 3.55. The Kier molecular flexibility index (Phi) is 4.33. The molecule has 1 aromatic carbocycles. The number of hydrogen-bond acceptors (Lipinski definition) is 3. The molecule has 0 bridgehead atoms. The zero-order valence-corrected chi connectivity index (χ0v) is 12.3. The van der Waals surface area contributed by atoms with Gasteiger partial charge in [0.05, 0.1) is 4.90 Å². The number of alkyl halides is 1. The summed E-state index contributed by atoms with van der Waals surface area (Å²) < 4.78 is 37.4. The molecule has 0 radical (unpaired) electrons. The summed E-state index contributed by atoms with van der Waals surface area (Å²) in [5, 5.41) is 2.76. The number of nitrogens with one attached hydrogen (secondary N) is 1. The highest BCUT2D eigenvalue weighted by Crippen LogP contribution is 2.30. The molecule has 0 amide bonds. The lowest BCUT2D eigenvalue weighted by Crippen LogP contribution is -2.29. The molecular formula is C11H15BrFNO2S. The van der Waals surface area contributed by atoms with Crippen LogP contribution >= 0.6 is 15.9 Å². The molecular weight excluding hydrogens is 309 g/mol. The summed E-state index contributed by atoms with van der Waals surface area (Å²) in [6, 6.07) is 4.43. The van der Waals surface area contributed by atoms with E-state index in [9.17, 15) is 12.8 Å². The van der Waals surface area contributed by atoms with Crippen LogP contribution in [0.1, 0.15) is 12.5 Å². The van der Waals surface area contributed by atoms with Gasteiger partial charge < -0.3 is 5.32 Å². The Balaban J connectivity index is 3.22. The number of benzene rings is 1. The number of hydrogen-bond donors (Lipinski definition) is 1. The molecule has 0 aliphatic heterocycles. The monoisotopic (exact) mass is 323 g/mol. The van der Waals surface area contributed by atoms with Crippen molar-refractivity contribution in [2.45, 2.75) is 17.5 Å². The van der Waals surface area contributed by atoms with Crippen molar-refractivity contribution in [3.05, 3.63) is 28.2 Å². The van der Waals surface area contributed by atoms with Crippen LogP contribution in [0.5, 0.6) is 0 Å². The summed E-state index contributed by atoms with van der Waals surface area (Å²) in [6.07, 6.45) is 1.12. The maximum Gasteiger partial charge on any atom is 0.176 e. The lowest BCUT2D eigenvalue weighted by molar-refractivity contribution is 0.190. The Bertz CT molecular complexity index is 514. The first kappa shape index (κ1) is 14.6. The fraction of sp³-hybridized carbons (Fsp3) is 0.455. The predicted molar refractivity (Wildman–Crippen MR) is 69.6 cm³/mol. The molecule has 1 N–H and O–H groups in total. The van der Waals surface area contributed by atoms with E-state index in [1.165, 1.54) is 25.1 Å². The average Bonchev–Trinajstić information content (AvgIpc) is 2.15. The third kappa shape index (κ3) is 3.50. The Labute approximate surface area is 109 Å². The molecule has 3 nitrogen and oxygen atoms in total. The van der Waals surface area contributed by atoms with Gasteiger partial charge in [-0.15, -0.1) is 0 Å². The van der Waals surface area contributed by atoms with Gasteiger partial charge in [-0.3, -0.25) is 0 Å². The first-order chi connectivity index (χ1) is 7.68. The highest BCUT2D eigenvalue weighted by atomic mass is 79.9. The van der Waals surface area contributed by atoms with Crippen molar-refractivity contribution in [1.29, 1.82) is 0 Å². The van der Waals surface area contributed by atoms with Gasteiger partial charge in [-0.25, -0.2) is 12.8 Å². The van der Waals surface area contributed by atoms with E-state index in [0.29, 0.717) is 10.0 Å². The van der Waals surface area contributed by atoms with Crippen LogP contribution in [0, 0.1) is 0 Å². The second-order valence-corrected chi connectivity index (χ2v) is 6.98. The predicted octanol–water partition coefficient (Wildman–Crippen LogP) is 2.26. The van der Waals surface area contributed by atoms with Crippen LogP contribution < -0.4 is 5.32 Å². The van der Waals surface area contributed by atoms with Crippen LogP contribution in [-0.4, -0.2) is 28.3 Å². The van der Waals surface area contributed by atoms with Crippen molar-refractivity contribution < 1.29 is 12.8 Å². The smallest absolute Gasteiger partial charge is 0.176 e. The third-order valence-electron chi connectivity index (χ3n) is 2.44. The van der Waals surface area contributed by atoms with E-state index in [1.54, 1.807) is 7.05 Å². The summed E-state index contributed by atoms with van der Waals surface area (Å²) in [7, 11) is -1.63. The molecule has 0 heterocycles. The van der Waals surface area contributed by atoms with Gasteiger partial charge in [0.2, 0.25) is 0 Å². The molecule has 1 rings (SSSR count). The molecule has 1 aromatic rings. The fourth-order valence-electron chi connectivity index (χ4n) is 1.56. The van der Waals surface area contributed by atoms with Crippen LogP contribution in [0.4, 0.5) is 4.39 Å². The zero-order chi connectivity index (χ0) is 13.3. The average molecular weight is 324 g/mol. The minimum Gasteiger partial charge on any atom is -0.316 e. The Morgan fingerprint density at radius 2 is 2.06 bits per heavy atom. The van der Waals surface area contributed by atoms with Crippen LogP contribution in [0.2, 0.25) is 0 Å². The highest BCUT2D eigenvalue weighted by Gasteiger charge is 2.26. The van der Waals surface area contributed by atoms with E-state index in [1.807, 2.05) is 0 Å². The van der Waals surface area contributed by atoms with Crippen molar-refractivity contribution >= 4 is 25.8 Å². The summed E-state index contributed by atoms with van der Waals surface area (Å²) in [4.78, 5) is 0.168. The molecule has 1 atom stereocenters. The first-order valence-electron chi connectivity index (χ1n) is 5.02. The second-order valence-electron chi connectivity index (χ2n) is 4.15. The number of rotatable bonds is 4. The Morgan fingerprint density at radius 3 is 2.47 bits per heavy atom. The highest BCUT2D eigenvalue weighted by molar-refractivity contribution is 9.10. The lowest BCUT2D eigenvalue weighted by Gasteiger charge is -2.21. The molecule has 0 spiro atoms. The molecule has 0 aliphatic rings. The first-order valence-corrected chi connectivity index (χ1v) is 7.70. The van der Waals surface area contributed by atoms with Gasteiger partial charge in [0.1, 0.15) is 5.67 Å². The normalized spacial score (nSPS) is 15.6. The van der Waals surface area contributed by atoms with Gasteiger partial charge >= 0.3 is 0 Å². The van der Waals surface area contributed by atoms with E-state index in [-0.39, 0.29) is 11.4 Å². The minimum atomic E-state index is -3.29. The zero-order valence-electron chi connectivity index (χ0n) is 9.92. The minimum absolute atomic E-state index is 0.164. The summed E-state index contributed by atoms with van der Waals surface area (Å²) >= 11 is 3.16. The maximum atomic E-state index is 14.2. The summed E-state index contributed by atoms with van der Waals surface area (Å²) in [5.41, 5.74) is -1.10. The van der Waals surface area contributed by atoms with E-state index >= 15 is 0 Å². The molecule has 17 heavy (non-hydrogen) atoms. The topological polar surface area (TPSA) is 46.2 Å². The number of sulfone groups is 1. The van der Waals surface area contributed by atoms with Crippen LogP contribution in [0.15, 0.2) is 27.6 Å². The second kappa shape index (κ2) is 5.04. The van der Waals surface area contributed by atoms with Gasteiger partial charge in [0.25, 0.3) is 0 Å². The molecule has 0 fully saturated rings. The van der Waals surface area contributed by atoms with Crippen molar-refractivity contribution in [3.8, 4) is 0 Å². The molecule has 6 heteroatoms. The van der Waals surface area contributed by atoms with Crippen molar-refractivity contribution in [2.24, 2.45) is 0 Å². The molecule has 1 unspecified atom stereocenters. The van der Waals surface area contributed by atoms with Gasteiger partial charge in [-0.1, -0.05) is 6.07 Å². The molecule has 0 aliphatic carbocycles. The van der Waals surface area contributed by atoms with Gasteiger partial charge in [0, 0.05) is 17.3 Å². The van der Waals surface area contributed by atoms with E-state index in [4.69, 9.17) is 0 Å². The molecule has 0 saturated carbocycles. The largest absolute Gasteiger partial charge is 0.316 e. The van der Waals surface area contributed by atoms with Crippen LogP contribution in [0.3, 0.4) is 0 Å². The quantitative estimate of drug-likeness (QED) is 0.924. The molecule has 96 valence electrons. The number of likely N-dealkylation sites (N-methyl/N-ethyl adjacent to an activating group) is 1. The van der Waals surface area contributed by atoms with Crippen molar-refractivity contribution in [3.63, 3.8) is 0 Å². The van der Waals surface area contributed by atoms with E-state index in [0.717, 1.165) is 6.26 Å². The number of halogens is 2. The van der Waals surface area contributed by atoms with Crippen LogP contribution in [-0.2, 0) is 15.5 Å². The van der Waals surface area contributed by atoms with Gasteiger partial charge in [0.15, 0.2) is 9.84 Å². The SMILES string of the molecule is CNCC(C)(F)c1ccc(S(C)(=O)=O)c(Br)c1. The molecule has 0 aromatic heterocycles. The van der Waals surface area contributed by atoms with Crippen LogP contribution in [0.25, 0.3) is 0 Å². The van der Waals surface area contributed by atoms with Crippen molar-refractivity contribution in [2.75, 3.05) is 19.8 Å². The Morgan fingerprint density at radius 1 is 1.47 bits per heavy atom. The van der Waals surface area contributed by atoms with E-state index in [2.05, 4.69) is 21.2 Å². The van der Waals surface area contributed by atoms with Gasteiger partial charge in [-0.2, -0.15) is 0 Å². The van der Waals surface area contributed by atoms with E-state index < -0.39 is 15.5 Å². The summed E-state index contributed by atoms with van der Waals surface area (Å²) in [5.74, 6) is 0. The van der Waals surface area contributed by atoms with Gasteiger partial charge in [-0.05, 0) is 47.6 Å². The lowest BCUT2D eigenvalue weighted by atomic mass is 9.98. The standard InChI is InChI=1S/C11H15BrFNO2S/c1-11(13,7-14-2)8-4-5-10(9(12)6-8)17(3,15)16/h4-6,14H,7H2,1-3H3.